The number of rotatable bonds is 5. The Bertz CT molecular complexity index is 344. The van der Waals surface area contributed by atoms with Crippen LogP contribution in [0, 0.1) is 24.2 Å². The number of nitrogens with one attached hydrogen (secondary N) is 1. The molecule has 86 valence electrons. The zero-order valence-corrected chi connectivity index (χ0v) is 10.3. The second-order valence-corrected chi connectivity index (χ2v) is 4.19. The van der Waals surface area contributed by atoms with Crippen molar-refractivity contribution >= 4 is 5.69 Å². The summed E-state index contributed by atoms with van der Waals surface area (Å²) in [7, 11) is 0. The fraction of sp³-hybridized carbons (Fsp3) is 0.500. The Morgan fingerprint density at radius 2 is 1.75 bits per heavy atom. The Hall–Kier alpha value is -1.49. The van der Waals surface area contributed by atoms with Crippen molar-refractivity contribution in [2.24, 2.45) is 5.92 Å². The van der Waals surface area contributed by atoms with Crippen molar-refractivity contribution in [2.75, 3.05) is 5.32 Å². The summed E-state index contributed by atoms with van der Waals surface area (Å²) < 4.78 is 0. The van der Waals surface area contributed by atoms with Gasteiger partial charge in [0.2, 0.25) is 0 Å². The lowest BCUT2D eigenvalue weighted by Crippen LogP contribution is -2.26. The number of anilines is 1. The molecule has 2 heteroatoms. The Balaban J connectivity index is 2.70. The lowest BCUT2D eigenvalue weighted by molar-refractivity contribution is 0.469. The summed E-state index contributed by atoms with van der Waals surface area (Å²) in [6, 6.07) is 10.4. The molecule has 16 heavy (non-hydrogen) atoms. The van der Waals surface area contributed by atoms with E-state index in [4.69, 9.17) is 5.26 Å². The van der Waals surface area contributed by atoms with E-state index in [2.05, 4.69) is 44.3 Å². The highest BCUT2D eigenvalue weighted by Crippen LogP contribution is 2.18. The maximum absolute atomic E-state index is 9.16. The van der Waals surface area contributed by atoms with Gasteiger partial charge in [-0.3, -0.25) is 0 Å². The molecule has 0 spiro atoms. The van der Waals surface area contributed by atoms with E-state index in [-0.39, 0.29) is 6.04 Å². The van der Waals surface area contributed by atoms with Crippen LogP contribution < -0.4 is 5.32 Å². The van der Waals surface area contributed by atoms with Gasteiger partial charge >= 0.3 is 0 Å². The molecule has 1 N–H and O–H groups in total. The Morgan fingerprint density at radius 3 is 2.19 bits per heavy atom. The van der Waals surface area contributed by atoms with Crippen molar-refractivity contribution < 1.29 is 0 Å². The quantitative estimate of drug-likeness (QED) is 0.814. The number of benzene rings is 1. The average molecular weight is 216 g/mol. The van der Waals surface area contributed by atoms with Crippen LogP contribution in [0.15, 0.2) is 24.3 Å². The molecule has 0 aliphatic heterocycles. The predicted molar refractivity (Wildman–Crippen MR) is 68.3 cm³/mol. The largest absolute Gasteiger partial charge is 0.370 e. The molecule has 0 aliphatic carbocycles. The summed E-state index contributed by atoms with van der Waals surface area (Å²) in [5, 5.41) is 12.5. The zero-order valence-electron chi connectivity index (χ0n) is 10.3. The topological polar surface area (TPSA) is 35.8 Å². The van der Waals surface area contributed by atoms with Crippen molar-refractivity contribution in [1.29, 1.82) is 5.26 Å². The van der Waals surface area contributed by atoms with Gasteiger partial charge in [-0.05, 0) is 25.0 Å². The van der Waals surface area contributed by atoms with E-state index in [0.29, 0.717) is 5.92 Å². The van der Waals surface area contributed by atoms with E-state index in [1.54, 1.807) is 0 Å². The van der Waals surface area contributed by atoms with Gasteiger partial charge in [0.15, 0.2) is 0 Å². The highest BCUT2D eigenvalue weighted by atomic mass is 14.9. The third-order valence-electron chi connectivity index (χ3n) is 3.03. The first-order valence-corrected chi connectivity index (χ1v) is 5.94. The molecule has 0 bridgehead atoms. The summed E-state index contributed by atoms with van der Waals surface area (Å²) in [4.78, 5) is 0. The minimum absolute atomic E-state index is 0.0855. The summed E-state index contributed by atoms with van der Waals surface area (Å²) in [5.41, 5.74) is 2.27. The molecule has 1 aromatic carbocycles. The van der Waals surface area contributed by atoms with Gasteiger partial charge in [-0.15, -0.1) is 0 Å². The minimum Gasteiger partial charge on any atom is -0.370 e. The SMILES string of the molecule is CCC(CC)C(C#N)Nc1ccc(C)cc1. The maximum atomic E-state index is 9.16. The van der Waals surface area contributed by atoms with Crippen LogP contribution in [0.25, 0.3) is 0 Å². The van der Waals surface area contributed by atoms with Gasteiger partial charge in [0.05, 0.1) is 6.07 Å². The van der Waals surface area contributed by atoms with Gasteiger partial charge < -0.3 is 5.32 Å². The number of nitriles is 1. The van der Waals surface area contributed by atoms with E-state index < -0.39 is 0 Å². The van der Waals surface area contributed by atoms with Crippen LogP contribution in [0.1, 0.15) is 32.3 Å². The minimum atomic E-state index is -0.0855. The molecular weight excluding hydrogens is 196 g/mol. The molecule has 2 nitrogen and oxygen atoms in total. The molecule has 1 aromatic rings. The summed E-state index contributed by atoms with van der Waals surface area (Å²) >= 11 is 0. The zero-order chi connectivity index (χ0) is 12.0. The number of nitrogens with zero attached hydrogens (tertiary/aromatic N) is 1. The monoisotopic (exact) mass is 216 g/mol. The number of aryl methyl sites for hydroxylation is 1. The van der Waals surface area contributed by atoms with Crippen LogP contribution in [0.2, 0.25) is 0 Å². The van der Waals surface area contributed by atoms with Crippen LogP contribution in [0.4, 0.5) is 5.69 Å². The first-order valence-electron chi connectivity index (χ1n) is 5.94. The van der Waals surface area contributed by atoms with Gasteiger partial charge in [0.1, 0.15) is 6.04 Å². The second kappa shape index (κ2) is 6.17. The molecule has 0 heterocycles. The van der Waals surface area contributed by atoms with Gasteiger partial charge in [-0.25, -0.2) is 0 Å². The van der Waals surface area contributed by atoms with E-state index in [0.717, 1.165) is 18.5 Å². The van der Waals surface area contributed by atoms with Gasteiger partial charge in [0, 0.05) is 5.69 Å². The smallest absolute Gasteiger partial charge is 0.117 e. The predicted octanol–water partition coefficient (Wildman–Crippen LogP) is 3.74. The van der Waals surface area contributed by atoms with Crippen molar-refractivity contribution in [1.82, 2.24) is 0 Å². The summed E-state index contributed by atoms with van der Waals surface area (Å²) in [6.07, 6.45) is 2.07. The third kappa shape index (κ3) is 3.27. The van der Waals surface area contributed by atoms with Crippen molar-refractivity contribution in [3.63, 3.8) is 0 Å². The molecule has 1 unspecified atom stereocenters. The highest BCUT2D eigenvalue weighted by Gasteiger charge is 2.17. The van der Waals surface area contributed by atoms with E-state index >= 15 is 0 Å². The fourth-order valence-corrected chi connectivity index (χ4v) is 1.84. The molecule has 0 amide bonds. The number of hydrogen-bond donors (Lipinski definition) is 1. The van der Waals surface area contributed by atoms with Crippen molar-refractivity contribution in [2.45, 2.75) is 39.7 Å². The normalized spacial score (nSPS) is 12.2. The summed E-state index contributed by atoms with van der Waals surface area (Å²) in [5.74, 6) is 0.423. The lowest BCUT2D eigenvalue weighted by Gasteiger charge is -2.21. The third-order valence-corrected chi connectivity index (χ3v) is 3.03. The standard InChI is InChI=1S/C14H20N2/c1-4-12(5-2)14(10-15)16-13-8-6-11(3)7-9-13/h6-9,12,14,16H,4-5H2,1-3H3. The fourth-order valence-electron chi connectivity index (χ4n) is 1.84. The first kappa shape index (κ1) is 12.6. The molecule has 0 saturated carbocycles. The Kier molecular flexibility index (Phi) is 4.85. The van der Waals surface area contributed by atoms with Crippen molar-refractivity contribution in [3.8, 4) is 6.07 Å². The molecular formula is C14H20N2. The molecule has 0 aliphatic rings. The van der Waals surface area contributed by atoms with Crippen LogP contribution in [0.3, 0.4) is 0 Å². The van der Waals surface area contributed by atoms with Crippen LogP contribution in [-0.4, -0.2) is 6.04 Å². The van der Waals surface area contributed by atoms with Gasteiger partial charge in [-0.1, -0.05) is 44.4 Å². The van der Waals surface area contributed by atoms with E-state index in [1.165, 1.54) is 5.56 Å². The van der Waals surface area contributed by atoms with Crippen LogP contribution >= 0.6 is 0 Å². The van der Waals surface area contributed by atoms with Gasteiger partial charge in [0.25, 0.3) is 0 Å². The second-order valence-electron chi connectivity index (χ2n) is 4.19. The molecule has 1 rings (SSSR count). The molecule has 0 aromatic heterocycles. The average Bonchev–Trinajstić information content (AvgIpc) is 2.32. The van der Waals surface area contributed by atoms with E-state index in [9.17, 15) is 0 Å². The lowest BCUT2D eigenvalue weighted by atomic mass is 9.95. The summed E-state index contributed by atoms with van der Waals surface area (Å²) in [6.45, 7) is 6.33. The highest BCUT2D eigenvalue weighted by molar-refractivity contribution is 5.46. The molecule has 0 saturated heterocycles. The Labute approximate surface area is 98.3 Å². The molecule has 1 atom stereocenters. The molecule has 0 radical (unpaired) electrons. The van der Waals surface area contributed by atoms with E-state index in [1.807, 2.05) is 12.1 Å². The maximum Gasteiger partial charge on any atom is 0.117 e. The van der Waals surface area contributed by atoms with Crippen molar-refractivity contribution in [3.05, 3.63) is 29.8 Å². The Morgan fingerprint density at radius 1 is 1.19 bits per heavy atom. The molecule has 0 fully saturated rings. The van der Waals surface area contributed by atoms with Gasteiger partial charge in [-0.2, -0.15) is 5.26 Å². The number of hydrogen-bond acceptors (Lipinski definition) is 2. The first-order chi connectivity index (χ1) is 7.71. The van der Waals surface area contributed by atoms with Crippen LogP contribution in [-0.2, 0) is 0 Å². The van der Waals surface area contributed by atoms with Crippen LogP contribution in [0.5, 0.6) is 0 Å².